The predicted molar refractivity (Wildman–Crippen MR) is 69.0 cm³/mol. The number of hydrogen-bond donors (Lipinski definition) is 1. The molecule has 3 nitrogen and oxygen atoms in total. The van der Waals surface area contributed by atoms with Crippen LogP contribution in [-0.4, -0.2) is 20.1 Å². The minimum atomic E-state index is -0.158. The van der Waals surface area contributed by atoms with Gasteiger partial charge < -0.3 is 10.1 Å². The zero-order valence-electron chi connectivity index (χ0n) is 11.0. The number of hydrogen-bond acceptors (Lipinski definition) is 3. The maximum atomic E-state index is 11.1. The fraction of sp³-hybridized carbons (Fsp3) is 0.500. The largest absolute Gasteiger partial charge is 0.469 e. The van der Waals surface area contributed by atoms with E-state index in [1.54, 1.807) is 0 Å². The van der Waals surface area contributed by atoms with Crippen LogP contribution in [0.5, 0.6) is 0 Å². The van der Waals surface area contributed by atoms with Crippen LogP contribution in [0.15, 0.2) is 18.2 Å². The number of methoxy groups -OCH3 is 1. The second-order valence-corrected chi connectivity index (χ2v) is 4.30. The molecular weight excluding hydrogens is 214 g/mol. The number of nitrogens with one attached hydrogen (secondary N) is 1. The highest BCUT2D eigenvalue weighted by molar-refractivity contribution is 5.69. The summed E-state index contributed by atoms with van der Waals surface area (Å²) in [5.41, 5.74) is 3.79. The molecule has 0 amide bonds. The van der Waals surface area contributed by atoms with Gasteiger partial charge in [-0.1, -0.05) is 18.2 Å². The van der Waals surface area contributed by atoms with Crippen molar-refractivity contribution in [2.75, 3.05) is 14.2 Å². The molecule has 0 spiro atoms. The van der Waals surface area contributed by atoms with Crippen LogP contribution in [0, 0.1) is 13.8 Å². The third-order valence-corrected chi connectivity index (χ3v) is 3.15. The maximum Gasteiger partial charge on any atom is 0.305 e. The van der Waals surface area contributed by atoms with Gasteiger partial charge >= 0.3 is 5.97 Å². The summed E-state index contributed by atoms with van der Waals surface area (Å²) >= 11 is 0. The van der Waals surface area contributed by atoms with E-state index in [0.29, 0.717) is 6.42 Å². The van der Waals surface area contributed by atoms with Gasteiger partial charge in [0.2, 0.25) is 0 Å². The molecule has 0 saturated heterocycles. The van der Waals surface area contributed by atoms with Crippen molar-refractivity contribution in [1.82, 2.24) is 5.32 Å². The summed E-state index contributed by atoms with van der Waals surface area (Å²) in [6.07, 6.45) is 1.20. The van der Waals surface area contributed by atoms with E-state index in [2.05, 4.69) is 42.1 Å². The summed E-state index contributed by atoms with van der Waals surface area (Å²) in [5.74, 6) is -0.158. The van der Waals surface area contributed by atoms with Crippen molar-refractivity contribution in [1.29, 1.82) is 0 Å². The number of rotatable bonds is 5. The molecule has 94 valence electrons. The Morgan fingerprint density at radius 3 is 2.59 bits per heavy atom. The van der Waals surface area contributed by atoms with Crippen molar-refractivity contribution in [2.24, 2.45) is 0 Å². The molecule has 0 aliphatic heterocycles. The second kappa shape index (κ2) is 6.40. The van der Waals surface area contributed by atoms with Crippen LogP contribution < -0.4 is 5.32 Å². The van der Waals surface area contributed by atoms with E-state index in [1.807, 2.05) is 7.05 Å². The Morgan fingerprint density at radius 2 is 2.06 bits per heavy atom. The minimum absolute atomic E-state index is 0.158. The SMILES string of the molecule is CNC(CCC(=O)OC)c1ccc(C)c(C)c1. The van der Waals surface area contributed by atoms with Gasteiger partial charge in [0, 0.05) is 12.5 Å². The molecule has 17 heavy (non-hydrogen) atoms. The highest BCUT2D eigenvalue weighted by Crippen LogP contribution is 2.21. The van der Waals surface area contributed by atoms with Gasteiger partial charge in [0.15, 0.2) is 0 Å². The van der Waals surface area contributed by atoms with Crippen molar-refractivity contribution >= 4 is 5.97 Å². The Morgan fingerprint density at radius 1 is 1.35 bits per heavy atom. The predicted octanol–water partition coefficient (Wildman–Crippen LogP) is 2.52. The van der Waals surface area contributed by atoms with Crippen molar-refractivity contribution in [2.45, 2.75) is 32.7 Å². The zero-order valence-corrected chi connectivity index (χ0v) is 11.0. The summed E-state index contributed by atoms with van der Waals surface area (Å²) < 4.78 is 4.66. The molecule has 0 aliphatic carbocycles. The first kappa shape index (κ1) is 13.7. The number of benzene rings is 1. The van der Waals surface area contributed by atoms with E-state index in [4.69, 9.17) is 0 Å². The summed E-state index contributed by atoms with van der Waals surface area (Å²) in [6, 6.07) is 6.61. The van der Waals surface area contributed by atoms with E-state index < -0.39 is 0 Å². The van der Waals surface area contributed by atoms with Gasteiger partial charge in [0.05, 0.1) is 7.11 Å². The number of ether oxygens (including phenoxy) is 1. The lowest BCUT2D eigenvalue weighted by Crippen LogP contribution is -2.18. The molecule has 1 N–H and O–H groups in total. The van der Waals surface area contributed by atoms with Gasteiger partial charge in [-0.05, 0) is 44.0 Å². The van der Waals surface area contributed by atoms with E-state index in [1.165, 1.54) is 23.8 Å². The average molecular weight is 235 g/mol. The monoisotopic (exact) mass is 235 g/mol. The van der Waals surface area contributed by atoms with Crippen LogP contribution in [0.2, 0.25) is 0 Å². The lowest BCUT2D eigenvalue weighted by atomic mass is 9.98. The highest BCUT2D eigenvalue weighted by atomic mass is 16.5. The first-order chi connectivity index (χ1) is 8.08. The van der Waals surface area contributed by atoms with Crippen LogP contribution in [-0.2, 0) is 9.53 Å². The van der Waals surface area contributed by atoms with Crippen LogP contribution in [0.4, 0.5) is 0 Å². The molecule has 1 rings (SSSR count). The van der Waals surface area contributed by atoms with Crippen LogP contribution >= 0.6 is 0 Å². The zero-order chi connectivity index (χ0) is 12.8. The Hall–Kier alpha value is -1.35. The van der Waals surface area contributed by atoms with Gasteiger partial charge in [-0.15, -0.1) is 0 Å². The van der Waals surface area contributed by atoms with E-state index >= 15 is 0 Å². The molecular formula is C14H21NO2. The van der Waals surface area contributed by atoms with Crippen LogP contribution in [0.25, 0.3) is 0 Å². The van der Waals surface area contributed by atoms with Crippen molar-refractivity contribution < 1.29 is 9.53 Å². The second-order valence-electron chi connectivity index (χ2n) is 4.30. The number of esters is 1. The molecule has 1 unspecified atom stereocenters. The van der Waals surface area contributed by atoms with Crippen molar-refractivity contribution in [3.8, 4) is 0 Å². The normalized spacial score (nSPS) is 12.2. The summed E-state index contributed by atoms with van der Waals surface area (Å²) in [5, 5.41) is 3.24. The Balaban J connectivity index is 2.72. The molecule has 0 aromatic heterocycles. The van der Waals surface area contributed by atoms with Crippen molar-refractivity contribution in [3.63, 3.8) is 0 Å². The van der Waals surface area contributed by atoms with Crippen molar-refractivity contribution in [3.05, 3.63) is 34.9 Å². The third kappa shape index (κ3) is 3.86. The Bertz CT molecular complexity index is 388. The molecule has 0 fully saturated rings. The molecule has 0 bridgehead atoms. The van der Waals surface area contributed by atoms with Crippen LogP contribution in [0.3, 0.4) is 0 Å². The highest BCUT2D eigenvalue weighted by Gasteiger charge is 2.12. The summed E-state index contributed by atoms with van der Waals surface area (Å²) in [4.78, 5) is 11.1. The quantitative estimate of drug-likeness (QED) is 0.797. The maximum absolute atomic E-state index is 11.1. The van der Waals surface area contributed by atoms with E-state index in [9.17, 15) is 4.79 Å². The number of carbonyl (C=O) groups is 1. The summed E-state index contributed by atoms with van der Waals surface area (Å²) in [6.45, 7) is 4.20. The smallest absolute Gasteiger partial charge is 0.305 e. The summed E-state index contributed by atoms with van der Waals surface area (Å²) in [7, 11) is 3.34. The van der Waals surface area contributed by atoms with Gasteiger partial charge in [-0.2, -0.15) is 0 Å². The molecule has 0 radical (unpaired) electrons. The Labute approximate surface area is 103 Å². The van der Waals surface area contributed by atoms with Gasteiger partial charge in [0.25, 0.3) is 0 Å². The number of aryl methyl sites for hydroxylation is 2. The molecule has 0 heterocycles. The molecule has 1 aromatic carbocycles. The molecule has 0 saturated carbocycles. The van der Waals surface area contributed by atoms with Gasteiger partial charge in [-0.3, -0.25) is 4.79 Å². The standard InChI is InChI=1S/C14H21NO2/c1-10-5-6-12(9-11(10)2)13(15-3)7-8-14(16)17-4/h5-6,9,13,15H,7-8H2,1-4H3. The minimum Gasteiger partial charge on any atom is -0.469 e. The van der Waals surface area contributed by atoms with Crippen LogP contribution in [0.1, 0.15) is 35.6 Å². The van der Waals surface area contributed by atoms with E-state index in [-0.39, 0.29) is 12.0 Å². The lowest BCUT2D eigenvalue weighted by molar-refractivity contribution is -0.140. The molecule has 1 atom stereocenters. The average Bonchev–Trinajstić information content (AvgIpc) is 2.33. The number of carbonyl (C=O) groups excluding carboxylic acids is 1. The van der Waals surface area contributed by atoms with Gasteiger partial charge in [0.1, 0.15) is 0 Å². The topological polar surface area (TPSA) is 38.3 Å². The molecule has 1 aromatic rings. The first-order valence-corrected chi connectivity index (χ1v) is 5.89. The Kier molecular flexibility index (Phi) is 5.16. The molecule has 3 heteroatoms. The fourth-order valence-electron chi connectivity index (χ4n) is 1.82. The van der Waals surface area contributed by atoms with E-state index in [0.717, 1.165) is 6.42 Å². The first-order valence-electron chi connectivity index (χ1n) is 5.89. The third-order valence-electron chi connectivity index (χ3n) is 3.15. The molecule has 0 aliphatic rings. The fourth-order valence-corrected chi connectivity index (χ4v) is 1.82. The lowest BCUT2D eigenvalue weighted by Gasteiger charge is -2.17. The van der Waals surface area contributed by atoms with Gasteiger partial charge in [-0.25, -0.2) is 0 Å².